The maximum Gasteiger partial charge on any atom is 0.305 e. The summed E-state index contributed by atoms with van der Waals surface area (Å²) >= 11 is 0. The Labute approximate surface area is 150 Å². The number of anilines is 1. The van der Waals surface area contributed by atoms with E-state index in [4.69, 9.17) is 5.11 Å². The average Bonchev–Trinajstić information content (AvgIpc) is 3.47. The van der Waals surface area contributed by atoms with Crippen molar-refractivity contribution in [3.05, 3.63) is 59.9 Å². The van der Waals surface area contributed by atoms with Crippen LogP contribution in [-0.2, 0) is 4.79 Å². The maximum atomic E-state index is 12.5. The minimum atomic E-state index is -0.931. The fourth-order valence-electron chi connectivity index (χ4n) is 2.71. The summed E-state index contributed by atoms with van der Waals surface area (Å²) in [5.41, 5.74) is 1.26. The van der Waals surface area contributed by atoms with E-state index in [1.54, 1.807) is 42.6 Å². The first-order valence-corrected chi connectivity index (χ1v) is 8.37. The van der Waals surface area contributed by atoms with Crippen LogP contribution in [0.4, 0.5) is 5.69 Å². The monoisotopic (exact) mass is 353 g/mol. The van der Waals surface area contributed by atoms with Gasteiger partial charge in [0.25, 0.3) is 11.8 Å². The fraction of sp³-hybridized carbons (Fsp3) is 0.263. The van der Waals surface area contributed by atoms with Gasteiger partial charge in [-0.15, -0.1) is 0 Å². The number of carboxylic acids is 1. The number of carbonyl (C=O) groups is 3. The molecule has 1 aliphatic rings. The second-order valence-corrected chi connectivity index (χ2v) is 6.29. The molecule has 0 aliphatic heterocycles. The molecule has 1 saturated carbocycles. The lowest BCUT2D eigenvalue weighted by atomic mass is 10.1. The Morgan fingerprint density at radius 3 is 2.54 bits per heavy atom. The number of aromatic nitrogens is 1. The van der Waals surface area contributed by atoms with E-state index in [1.165, 1.54) is 6.20 Å². The Morgan fingerprint density at radius 1 is 1.12 bits per heavy atom. The van der Waals surface area contributed by atoms with Crippen LogP contribution >= 0.6 is 0 Å². The van der Waals surface area contributed by atoms with Gasteiger partial charge < -0.3 is 15.7 Å². The Kier molecular flexibility index (Phi) is 5.26. The van der Waals surface area contributed by atoms with Crippen LogP contribution in [0.1, 0.15) is 40.0 Å². The van der Waals surface area contributed by atoms with E-state index in [0.29, 0.717) is 16.8 Å². The Bertz CT molecular complexity index is 819. The van der Waals surface area contributed by atoms with Crippen LogP contribution in [0.2, 0.25) is 0 Å². The van der Waals surface area contributed by atoms with Gasteiger partial charge in [-0.3, -0.25) is 19.4 Å². The number of amides is 2. The molecule has 26 heavy (non-hydrogen) atoms. The van der Waals surface area contributed by atoms with E-state index < -0.39 is 5.97 Å². The van der Waals surface area contributed by atoms with Crippen LogP contribution < -0.4 is 10.6 Å². The summed E-state index contributed by atoms with van der Waals surface area (Å²) in [5, 5.41) is 14.5. The van der Waals surface area contributed by atoms with Gasteiger partial charge in [-0.05, 0) is 49.1 Å². The molecule has 7 heteroatoms. The summed E-state index contributed by atoms with van der Waals surface area (Å²) in [7, 11) is 0. The number of nitrogens with one attached hydrogen (secondary N) is 2. The smallest absolute Gasteiger partial charge is 0.305 e. The van der Waals surface area contributed by atoms with Crippen LogP contribution in [0.3, 0.4) is 0 Å². The highest BCUT2D eigenvalue weighted by Gasteiger charge is 2.33. The molecule has 3 rings (SSSR count). The standard InChI is InChI=1S/C19H19N3O4/c23-17(24)10-16(12-6-7-12)22-18(25)13-3-1-5-15(9-13)21-19(26)14-4-2-8-20-11-14/h1-5,8-9,11-12,16H,6-7,10H2,(H,21,26)(H,22,25)(H,23,24). The van der Waals surface area contributed by atoms with Gasteiger partial charge in [0.05, 0.1) is 12.0 Å². The molecule has 0 radical (unpaired) electrons. The van der Waals surface area contributed by atoms with Crippen LogP contribution in [0, 0.1) is 5.92 Å². The largest absolute Gasteiger partial charge is 0.481 e. The topological polar surface area (TPSA) is 108 Å². The van der Waals surface area contributed by atoms with Crippen molar-refractivity contribution in [3.63, 3.8) is 0 Å². The summed E-state index contributed by atoms with van der Waals surface area (Å²) in [4.78, 5) is 39.5. The van der Waals surface area contributed by atoms with Gasteiger partial charge in [0.1, 0.15) is 0 Å². The number of benzene rings is 1. The first-order chi connectivity index (χ1) is 12.5. The van der Waals surface area contributed by atoms with Crippen molar-refractivity contribution in [1.29, 1.82) is 0 Å². The van der Waals surface area contributed by atoms with Gasteiger partial charge in [-0.25, -0.2) is 0 Å². The molecule has 0 saturated heterocycles. The minimum absolute atomic E-state index is 0.0894. The lowest BCUT2D eigenvalue weighted by Gasteiger charge is -2.16. The number of carbonyl (C=O) groups excluding carboxylic acids is 2. The highest BCUT2D eigenvalue weighted by Crippen LogP contribution is 2.34. The molecule has 0 bridgehead atoms. The first-order valence-electron chi connectivity index (χ1n) is 8.37. The minimum Gasteiger partial charge on any atom is -0.481 e. The number of hydrogen-bond acceptors (Lipinski definition) is 4. The third-order valence-corrected chi connectivity index (χ3v) is 4.21. The van der Waals surface area contributed by atoms with E-state index in [0.717, 1.165) is 12.8 Å². The highest BCUT2D eigenvalue weighted by atomic mass is 16.4. The zero-order chi connectivity index (χ0) is 18.5. The molecule has 7 nitrogen and oxygen atoms in total. The first kappa shape index (κ1) is 17.6. The van der Waals surface area contributed by atoms with Crippen LogP contribution in [0.15, 0.2) is 48.8 Å². The molecule has 1 atom stereocenters. The van der Waals surface area contributed by atoms with E-state index in [9.17, 15) is 14.4 Å². The van der Waals surface area contributed by atoms with Crippen LogP contribution in [0.25, 0.3) is 0 Å². The van der Waals surface area contributed by atoms with E-state index >= 15 is 0 Å². The SMILES string of the molecule is O=C(O)CC(NC(=O)c1cccc(NC(=O)c2cccnc2)c1)C1CC1. The van der Waals surface area contributed by atoms with Crippen molar-refractivity contribution in [2.75, 3.05) is 5.32 Å². The predicted molar refractivity (Wildman–Crippen MR) is 94.9 cm³/mol. The summed E-state index contributed by atoms with van der Waals surface area (Å²) < 4.78 is 0. The summed E-state index contributed by atoms with van der Waals surface area (Å²) in [6, 6.07) is 9.48. The Balaban J connectivity index is 1.67. The van der Waals surface area contributed by atoms with Gasteiger partial charge in [-0.1, -0.05) is 6.07 Å². The lowest BCUT2D eigenvalue weighted by Crippen LogP contribution is -2.38. The maximum absolute atomic E-state index is 12.5. The zero-order valence-electron chi connectivity index (χ0n) is 14.0. The second kappa shape index (κ2) is 7.77. The van der Waals surface area contributed by atoms with Gasteiger partial charge in [0.15, 0.2) is 0 Å². The summed E-state index contributed by atoms with van der Waals surface area (Å²) in [6.07, 6.45) is 4.81. The molecule has 1 aromatic heterocycles. The zero-order valence-corrected chi connectivity index (χ0v) is 14.0. The molecule has 1 heterocycles. The molecule has 1 aliphatic carbocycles. The Hall–Kier alpha value is -3.22. The fourth-order valence-corrected chi connectivity index (χ4v) is 2.71. The lowest BCUT2D eigenvalue weighted by molar-refractivity contribution is -0.137. The van der Waals surface area contributed by atoms with Crippen molar-refractivity contribution in [2.24, 2.45) is 5.92 Å². The quantitative estimate of drug-likeness (QED) is 0.708. The van der Waals surface area contributed by atoms with Gasteiger partial charge in [0, 0.05) is 29.7 Å². The van der Waals surface area contributed by atoms with E-state index in [2.05, 4.69) is 15.6 Å². The molecule has 0 spiro atoms. The second-order valence-electron chi connectivity index (χ2n) is 6.29. The van der Waals surface area contributed by atoms with Crippen molar-refractivity contribution >= 4 is 23.5 Å². The predicted octanol–water partition coefficient (Wildman–Crippen LogP) is 2.32. The summed E-state index contributed by atoms with van der Waals surface area (Å²) in [5.74, 6) is -1.37. The third-order valence-electron chi connectivity index (χ3n) is 4.21. The molecule has 2 amide bonds. The number of pyridine rings is 1. The molecule has 3 N–H and O–H groups in total. The van der Waals surface area contributed by atoms with Gasteiger partial charge in [-0.2, -0.15) is 0 Å². The third kappa shape index (κ3) is 4.66. The summed E-state index contributed by atoms with van der Waals surface area (Å²) in [6.45, 7) is 0. The van der Waals surface area contributed by atoms with E-state index in [1.807, 2.05) is 0 Å². The molecule has 1 fully saturated rings. The molecule has 2 aromatic rings. The van der Waals surface area contributed by atoms with E-state index in [-0.39, 0.29) is 30.2 Å². The van der Waals surface area contributed by atoms with Crippen LogP contribution in [-0.4, -0.2) is 33.9 Å². The average molecular weight is 353 g/mol. The molecule has 1 unspecified atom stereocenters. The number of aliphatic carboxylic acids is 1. The van der Waals surface area contributed by atoms with Gasteiger partial charge in [0.2, 0.25) is 0 Å². The molecule has 134 valence electrons. The highest BCUT2D eigenvalue weighted by molar-refractivity contribution is 6.05. The van der Waals surface area contributed by atoms with Crippen molar-refractivity contribution < 1.29 is 19.5 Å². The van der Waals surface area contributed by atoms with Crippen molar-refractivity contribution in [3.8, 4) is 0 Å². The number of carboxylic acid groups (broad SMARTS) is 1. The number of rotatable bonds is 7. The Morgan fingerprint density at radius 2 is 1.88 bits per heavy atom. The molecular formula is C19H19N3O4. The number of nitrogens with zero attached hydrogens (tertiary/aromatic N) is 1. The normalized spacial score (nSPS) is 14.3. The van der Waals surface area contributed by atoms with Crippen LogP contribution in [0.5, 0.6) is 0 Å². The molecular weight excluding hydrogens is 334 g/mol. The molecule has 1 aromatic carbocycles. The van der Waals surface area contributed by atoms with Crippen molar-refractivity contribution in [1.82, 2.24) is 10.3 Å². The number of hydrogen-bond donors (Lipinski definition) is 3. The van der Waals surface area contributed by atoms with Crippen molar-refractivity contribution in [2.45, 2.75) is 25.3 Å². The van der Waals surface area contributed by atoms with Gasteiger partial charge >= 0.3 is 5.97 Å².